The van der Waals surface area contributed by atoms with Crippen molar-refractivity contribution in [2.75, 3.05) is 31.7 Å². The van der Waals surface area contributed by atoms with Crippen LogP contribution in [0.2, 0.25) is 5.02 Å². The summed E-state index contributed by atoms with van der Waals surface area (Å²) >= 11 is 6.87. The Labute approximate surface area is 209 Å². The summed E-state index contributed by atoms with van der Waals surface area (Å²) in [6.07, 6.45) is 0.375. The van der Waals surface area contributed by atoms with Gasteiger partial charge in [-0.1, -0.05) is 11.6 Å². The van der Waals surface area contributed by atoms with Gasteiger partial charge in [-0.3, -0.25) is 4.79 Å². The maximum atomic E-state index is 15.6. The van der Waals surface area contributed by atoms with Crippen LogP contribution in [-0.2, 0) is 11.6 Å². The number of fused-ring (bicyclic) bond motifs is 2. The van der Waals surface area contributed by atoms with Crippen molar-refractivity contribution < 1.29 is 22.4 Å². The third-order valence-electron chi connectivity index (χ3n) is 7.16. The lowest BCUT2D eigenvalue weighted by atomic mass is 9.80. The number of alkyl halides is 3. The molecule has 3 N–H and O–H groups in total. The van der Waals surface area contributed by atoms with Gasteiger partial charge in [0.05, 0.1) is 23.1 Å². The number of anilines is 2. The Bertz CT molecular complexity index is 1370. The molecule has 0 saturated heterocycles. The number of carbonyl (C=O) groups is 1. The quantitative estimate of drug-likeness (QED) is 0.368. The van der Waals surface area contributed by atoms with E-state index in [-0.39, 0.29) is 27.4 Å². The van der Waals surface area contributed by atoms with E-state index in [1.165, 1.54) is 48.2 Å². The second-order valence-corrected chi connectivity index (χ2v) is 9.89. The number of carbonyl (C=O) groups excluding carboxylic acids is 1. The van der Waals surface area contributed by atoms with Crippen LogP contribution in [0.1, 0.15) is 46.9 Å². The van der Waals surface area contributed by atoms with Crippen LogP contribution in [0.25, 0.3) is 11.1 Å². The van der Waals surface area contributed by atoms with Crippen molar-refractivity contribution >= 4 is 29.0 Å². The lowest BCUT2D eigenvalue weighted by Gasteiger charge is -2.26. The molecule has 5 rings (SSSR count). The molecule has 36 heavy (non-hydrogen) atoms. The summed E-state index contributed by atoms with van der Waals surface area (Å²) in [5, 5.41) is 3.46. The maximum absolute atomic E-state index is 15.6. The highest BCUT2D eigenvalue weighted by molar-refractivity contribution is 6.34. The molecule has 3 aromatic rings. The first-order valence-electron chi connectivity index (χ1n) is 11.3. The first-order valence-corrected chi connectivity index (χ1v) is 11.6. The Kier molecular flexibility index (Phi) is 5.66. The summed E-state index contributed by atoms with van der Waals surface area (Å²) in [6.45, 7) is 0.444. The van der Waals surface area contributed by atoms with E-state index in [1.807, 2.05) is 0 Å². The van der Waals surface area contributed by atoms with Gasteiger partial charge in [0.2, 0.25) is 0 Å². The van der Waals surface area contributed by atoms with Crippen molar-refractivity contribution in [3.8, 4) is 11.1 Å². The third kappa shape index (κ3) is 3.68. The number of hydrogen-bond acceptors (Lipinski definition) is 5. The van der Waals surface area contributed by atoms with E-state index in [9.17, 15) is 18.0 Å². The zero-order chi connectivity index (χ0) is 26.0. The average Bonchev–Trinajstić information content (AvgIpc) is 3.54. The lowest BCUT2D eigenvalue weighted by Crippen LogP contribution is -2.26. The average molecular weight is 523 g/mol. The molecule has 2 aliphatic rings. The van der Waals surface area contributed by atoms with E-state index in [0.717, 1.165) is 6.20 Å². The molecule has 2 aromatic heterocycles. The van der Waals surface area contributed by atoms with Crippen LogP contribution in [-0.4, -0.2) is 46.0 Å². The topological polar surface area (TPSA) is 89.1 Å². The molecular weight excluding hydrogens is 500 g/mol. The number of halogens is 5. The fourth-order valence-corrected chi connectivity index (χ4v) is 5.85. The number of benzene rings is 1. The number of aromatic nitrogens is 3. The van der Waals surface area contributed by atoms with Crippen LogP contribution in [0, 0.1) is 5.82 Å². The summed E-state index contributed by atoms with van der Waals surface area (Å²) < 4.78 is 57.2. The second kappa shape index (κ2) is 8.36. The maximum Gasteiger partial charge on any atom is 0.433 e. The van der Waals surface area contributed by atoms with Crippen molar-refractivity contribution in [2.24, 2.45) is 0 Å². The van der Waals surface area contributed by atoms with Gasteiger partial charge in [-0.25, -0.2) is 14.4 Å². The predicted octanol–water partition coefficient (Wildman–Crippen LogP) is 5.13. The van der Waals surface area contributed by atoms with Gasteiger partial charge in [0.15, 0.2) is 0 Å². The monoisotopic (exact) mass is 522 g/mol. The van der Waals surface area contributed by atoms with Crippen molar-refractivity contribution in [1.29, 1.82) is 0 Å². The highest BCUT2D eigenvalue weighted by atomic mass is 35.5. The minimum absolute atomic E-state index is 0.00207. The number of imidazole rings is 1. The molecule has 1 spiro atoms. The molecular formula is C24H23ClF4N6O. The Hall–Kier alpha value is -3.34. The molecule has 3 heterocycles. The summed E-state index contributed by atoms with van der Waals surface area (Å²) in [7, 11) is 2.99. The van der Waals surface area contributed by atoms with Gasteiger partial charge in [0.25, 0.3) is 5.91 Å². The molecule has 1 aromatic carbocycles. The van der Waals surface area contributed by atoms with Gasteiger partial charge in [0.1, 0.15) is 17.3 Å². The SMILES string of the molecule is CN(C)C(=O)c1c(N)ccc(-c2cnc3c(c2Cl)[C@]2(CC[C@H](n4cncc4C(F)(F)F)C2)CN3)c1F. The fourth-order valence-electron chi connectivity index (χ4n) is 5.41. The van der Waals surface area contributed by atoms with Crippen molar-refractivity contribution in [1.82, 2.24) is 19.4 Å². The van der Waals surface area contributed by atoms with Gasteiger partial charge in [-0.2, -0.15) is 13.2 Å². The van der Waals surface area contributed by atoms with Gasteiger partial charge in [-0.15, -0.1) is 0 Å². The zero-order valence-corrected chi connectivity index (χ0v) is 20.2. The first-order chi connectivity index (χ1) is 16.9. The fraction of sp³-hybridized carbons (Fsp3) is 0.375. The minimum atomic E-state index is -4.52. The number of nitrogens with one attached hydrogen (secondary N) is 1. The lowest BCUT2D eigenvalue weighted by molar-refractivity contribution is -0.144. The van der Waals surface area contributed by atoms with E-state index >= 15 is 4.39 Å². The standard InChI is InChI=1S/C24H23ClF4N6O/c1-34(2)22(36)17-15(30)4-3-13(20(17)26)14-8-32-21-18(19(14)25)23(10-33-21)6-5-12(7-23)35-11-31-9-16(35)24(27,28)29/h3-4,8-9,11-12H,5-7,10,30H2,1-2H3,(H,32,33)/t12-,23-/m0/s1. The molecule has 0 unspecified atom stereocenters. The number of amides is 1. The largest absolute Gasteiger partial charge is 0.433 e. The Balaban J connectivity index is 1.57. The molecule has 1 aliphatic carbocycles. The molecule has 7 nitrogen and oxygen atoms in total. The number of nitrogens with zero attached hydrogens (tertiary/aromatic N) is 4. The third-order valence-corrected chi connectivity index (χ3v) is 7.55. The first kappa shape index (κ1) is 24.4. The number of pyridine rings is 1. The van der Waals surface area contributed by atoms with Crippen LogP contribution in [0.3, 0.4) is 0 Å². The van der Waals surface area contributed by atoms with Crippen LogP contribution < -0.4 is 11.1 Å². The van der Waals surface area contributed by atoms with E-state index in [0.29, 0.717) is 37.2 Å². The Morgan fingerprint density at radius 1 is 1.28 bits per heavy atom. The molecule has 1 amide bonds. The molecule has 1 aliphatic heterocycles. The number of nitrogen functional groups attached to an aromatic ring is 1. The van der Waals surface area contributed by atoms with Crippen LogP contribution in [0.4, 0.5) is 29.1 Å². The Morgan fingerprint density at radius 3 is 2.72 bits per heavy atom. The van der Waals surface area contributed by atoms with Crippen molar-refractivity contribution in [2.45, 2.75) is 36.9 Å². The molecule has 1 saturated carbocycles. The molecule has 190 valence electrons. The normalized spacial score (nSPS) is 21.0. The summed E-state index contributed by atoms with van der Waals surface area (Å²) in [4.78, 5) is 21.9. The number of rotatable bonds is 3. The second-order valence-electron chi connectivity index (χ2n) is 9.51. The van der Waals surface area contributed by atoms with Crippen LogP contribution in [0.15, 0.2) is 30.9 Å². The minimum Gasteiger partial charge on any atom is -0.398 e. The van der Waals surface area contributed by atoms with E-state index < -0.39 is 35.1 Å². The van der Waals surface area contributed by atoms with Gasteiger partial charge in [-0.05, 0) is 31.4 Å². The van der Waals surface area contributed by atoms with Crippen LogP contribution in [0.5, 0.6) is 0 Å². The Morgan fingerprint density at radius 2 is 2.03 bits per heavy atom. The predicted molar refractivity (Wildman–Crippen MR) is 127 cm³/mol. The summed E-state index contributed by atoms with van der Waals surface area (Å²) in [5.74, 6) is -0.879. The number of hydrogen-bond donors (Lipinski definition) is 2. The molecule has 0 radical (unpaired) electrons. The molecule has 2 atom stereocenters. The van der Waals surface area contributed by atoms with Crippen molar-refractivity contribution in [3.05, 3.63) is 58.5 Å². The van der Waals surface area contributed by atoms with E-state index in [2.05, 4.69) is 15.3 Å². The highest BCUT2D eigenvalue weighted by Crippen LogP contribution is 2.55. The zero-order valence-electron chi connectivity index (χ0n) is 19.5. The smallest absolute Gasteiger partial charge is 0.398 e. The summed E-state index contributed by atoms with van der Waals surface area (Å²) in [5.41, 5.74) is 5.26. The molecule has 0 bridgehead atoms. The van der Waals surface area contributed by atoms with Gasteiger partial charge in [0, 0.05) is 60.7 Å². The van der Waals surface area contributed by atoms with Gasteiger partial charge < -0.3 is 20.5 Å². The van der Waals surface area contributed by atoms with E-state index in [1.54, 1.807) is 0 Å². The number of nitrogens with two attached hydrogens (primary N) is 1. The van der Waals surface area contributed by atoms with Gasteiger partial charge >= 0.3 is 6.18 Å². The van der Waals surface area contributed by atoms with E-state index in [4.69, 9.17) is 17.3 Å². The molecule has 12 heteroatoms. The van der Waals surface area contributed by atoms with Crippen molar-refractivity contribution in [3.63, 3.8) is 0 Å². The highest BCUT2D eigenvalue weighted by Gasteiger charge is 2.49. The van der Waals surface area contributed by atoms with Crippen LogP contribution >= 0.6 is 11.6 Å². The summed E-state index contributed by atoms with van der Waals surface area (Å²) in [6, 6.07) is 2.45. The molecule has 1 fully saturated rings.